The van der Waals surface area contributed by atoms with Crippen LogP contribution >= 0.6 is 0 Å². The first kappa shape index (κ1) is 27.1. The van der Waals surface area contributed by atoms with Crippen LogP contribution in [-0.4, -0.2) is 4.57 Å². The van der Waals surface area contributed by atoms with Crippen molar-refractivity contribution in [2.75, 3.05) is 4.90 Å². The van der Waals surface area contributed by atoms with Crippen molar-refractivity contribution in [2.24, 2.45) is 0 Å². The summed E-state index contributed by atoms with van der Waals surface area (Å²) in [5.41, 5.74) is 14.6. The van der Waals surface area contributed by atoms with E-state index in [1.54, 1.807) is 0 Å². The molecule has 7 aromatic carbocycles. The highest BCUT2D eigenvalue weighted by molar-refractivity contribution is 6.12. The molecule has 0 spiro atoms. The summed E-state index contributed by atoms with van der Waals surface area (Å²) in [5, 5.41) is 2.54. The minimum atomic E-state index is -0.0630. The van der Waals surface area contributed by atoms with Crippen molar-refractivity contribution in [2.45, 2.75) is 19.3 Å². The van der Waals surface area contributed by atoms with Gasteiger partial charge in [0.15, 0.2) is 11.5 Å². The number of hydrogen-bond acceptors (Lipinski definition) is 2. The van der Waals surface area contributed by atoms with Gasteiger partial charge < -0.3 is 14.2 Å². The van der Waals surface area contributed by atoms with Crippen LogP contribution in [-0.2, 0) is 5.41 Å². The number of nitrogens with zero attached hydrogens (tertiary/aromatic N) is 2. The Morgan fingerprint density at radius 1 is 0.458 bits per heavy atom. The summed E-state index contributed by atoms with van der Waals surface area (Å²) in [5.74, 6) is 1.72. The van der Waals surface area contributed by atoms with Crippen LogP contribution in [0.5, 0.6) is 11.5 Å². The molecule has 3 nitrogen and oxygen atoms in total. The van der Waals surface area contributed by atoms with E-state index in [2.05, 4.69) is 157 Å². The van der Waals surface area contributed by atoms with Crippen LogP contribution in [0, 0.1) is 0 Å². The molecule has 3 heteroatoms. The molecule has 0 atom stereocenters. The van der Waals surface area contributed by atoms with Gasteiger partial charge in [-0.25, -0.2) is 0 Å². The van der Waals surface area contributed by atoms with E-state index in [0.717, 1.165) is 28.6 Å². The average Bonchev–Trinajstić information content (AvgIpc) is 3.57. The van der Waals surface area contributed by atoms with Gasteiger partial charge in [0.05, 0.1) is 22.4 Å². The molecule has 8 aromatic rings. The average molecular weight is 617 g/mol. The topological polar surface area (TPSA) is 17.4 Å². The van der Waals surface area contributed by atoms with Crippen molar-refractivity contribution >= 4 is 38.9 Å². The van der Waals surface area contributed by atoms with Gasteiger partial charge in [-0.05, 0) is 106 Å². The molecule has 1 aliphatic carbocycles. The van der Waals surface area contributed by atoms with Crippen molar-refractivity contribution in [3.05, 3.63) is 169 Å². The predicted molar refractivity (Wildman–Crippen MR) is 199 cm³/mol. The standard InChI is InChI=1S/C45H32N2O/c1-45(2)37-15-7-6-14-33(37)34-27-36-35-26-30(22-25-39(35)46(42(36)28-38(34)45)31-12-4-3-5-13-31)29-20-23-32(24-21-29)47-40-16-8-10-18-43(40)48-44-19-11-9-17-41(44)47/h3-28H,1-2H3. The minimum absolute atomic E-state index is 0.0630. The molecule has 0 radical (unpaired) electrons. The van der Waals surface area contributed by atoms with Crippen molar-refractivity contribution in [1.82, 2.24) is 4.57 Å². The van der Waals surface area contributed by atoms with Crippen LogP contribution in [0.25, 0.3) is 49.7 Å². The zero-order valence-corrected chi connectivity index (χ0v) is 26.8. The summed E-state index contributed by atoms with van der Waals surface area (Å²) in [6.45, 7) is 4.71. The maximum absolute atomic E-state index is 6.25. The number of anilines is 3. The van der Waals surface area contributed by atoms with Crippen LogP contribution in [0.4, 0.5) is 17.1 Å². The molecule has 0 N–H and O–H groups in total. The second-order valence-electron chi connectivity index (χ2n) is 13.4. The molecular formula is C45H32N2O. The summed E-state index contributed by atoms with van der Waals surface area (Å²) in [6, 6.07) is 56.9. The van der Waals surface area contributed by atoms with Gasteiger partial charge in [-0.3, -0.25) is 0 Å². The monoisotopic (exact) mass is 616 g/mol. The lowest BCUT2D eigenvalue weighted by Crippen LogP contribution is -2.15. The fraction of sp³-hybridized carbons (Fsp3) is 0.0667. The summed E-state index contributed by atoms with van der Waals surface area (Å²) < 4.78 is 8.68. The summed E-state index contributed by atoms with van der Waals surface area (Å²) in [6.07, 6.45) is 0. The number of para-hydroxylation sites is 5. The van der Waals surface area contributed by atoms with Gasteiger partial charge in [0.1, 0.15) is 0 Å². The van der Waals surface area contributed by atoms with Gasteiger partial charge in [0, 0.05) is 27.6 Å². The first-order valence-corrected chi connectivity index (χ1v) is 16.6. The van der Waals surface area contributed by atoms with E-state index in [9.17, 15) is 0 Å². The molecule has 1 aromatic heterocycles. The van der Waals surface area contributed by atoms with Gasteiger partial charge >= 0.3 is 0 Å². The number of fused-ring (bicyclic) bond motifs is 8. The van der Waals surface area contributed by atoms with Crippen LogP contribution in [0.2, 0.25) is 0 Å². The Hall–Kier alpha value is -6.06. The third kappa shape index (κ3) is 3.82. The van der Waals surface area contributed by atoms with Gasteiger partial charge in [0.2, 0.25) is 0 Å². The van der Waals surface area contributed by atoms with Crippen LogP contribution in [0.1, 0.15) is 25.0 Å². The molecular weight excluding hydrogens is 585 g/mol. The van der Waals surface area contributed by atoms with Gasteiger partial charge in [-0.2, -0.15) is 0 Å². The molecule has 2 heterocycles. The first-order valence-electron chi connectivity index (χ1n) is 16.6. The maximum Gasteiger partial charge on any atom is 0.151 e. The van der Waals surface area contributed by atoms with Gasteiger partial charge in [0.25, 0.3) is 0 Å². The smallest absolute Gasteiger partial charge is 0.151 e. The zero-order chi connectivity index (χ0) is 32.0. The fourth-order valence-electron chi connectivity index (χ4n) is 8.03. The Morgan fingerprint density at radius 2 is 1.08 bits per heavy atom. The number of ether oxygens (including phenoxy) is 1. The third-order valence-electron chi connectivity index (χ3n) is 10.4. The largest absolute Gasteiger partial charge is 0.453 e. The minimum Gasteiger partial charge on any atom is -0.453 e. The quantitative estimate of drug-likeness (QED) is 0.196. The Balaban J connectivity index is 1.14. The first-order chi connectivity index (χ1) is 23.6. The Labute approximate surface area is 279 Å². The second-order valence-corrected chi connectivity index (χ2v) is 13.4. The molecule has 0 bridgehead atoms. The van der Waals surface area contributed by atoms with Crippen molar-refractivity contribution in [1.29, 1.82) is 0 Å². The maximum atomic E-state index is 6.25. The molecule has 0 amide bonds. The summed E-state index contributed by atoms with van der Waals surface area (Å²) in [7, 11) is 0. The normalized spacial score (nSPS) is 13.9. The molecule has 10 rings (SSSR count). The molecule has 0 saturated heterocycles. The highest BCUT2D eigenvalue weighted by Crippen LogP contribution is 2.52. The fourth-order valence-corrected chi connectivity index (χ4v) is 8.03. The molecule has 0 fully saturated rings. The lowest BCUT2D eigenvalue weighted by atomic mass is 9.82. The zero-order valence-electron chi connectivity index (χ0n) is 26.8. The van der Waals surface area contributed by atoms with Crippen LogP contribution in [0.3, 0.4) is 0 Å². The van der Waals surface area contributed by atoms with E-state index in [4.69, 9.17) is 4.74 Å². The van der Waals surface area contributed by atoms with Crippen LogP contribution < -0.4 is 9.64 Å². The molecule has 228 valence electrons. The Kier molecular flexibility index (Phi) is 5.63. The van der Waals surface area contributed by atoms with E-state index in [-0.39, 0.29) is 5.41 Å². The number of hydrogen-bond donors (Lipinski definition) is 0. The number of rotatable bonds is 3. The van der Waals surface area contributed by atoms with E-state index in [0.29, 0.717) is 0 Å². The van der Waals surface area contributed by atoms with Crippen LogP contribution in [0.15, 0.2) is 158 Å². The predicted octanol–water partition coefficient (Wildman–Crippen LogP) is 12.3. The van der Waals surface area contributed by atoms with E-state index < -0.39 is 0 Å². The Bertz CT molecular complexity index is 2510. The SMILES string of the molecule is CC1(C)c2ccccc2-c2cc3c4cc(-c5ccc(N6c7ccccc7Oc7ccccc76)cc5)ccc4n(-c4ccccc4)c3cc21. The second kappa shape index (κ2) is 9.97. The molecule has 0 saturated carbocycles. The van der Waals surface area contributed by atoms with Crippen molar-refractivity contribution in [3.63, 3.8) is 0 Å². The third-order valence-corrected chi connectivity index (χ3v) is 10.4. The van der Waals surface area contributed by atoms with Gasteiger partial charge in [-0.15, -0.1) is 0 Å². The number of aromatic nitrogens is 1. The van der Waals surface area contributed by atoms with Crippen molar-refractivity contribution in [3.8, 4) is 39.4 Å². The highest BCUT2D eigenvalue weighted by atomic mass is 16.5. The summed E-state index contributed by atoms with van der Waals surface area (Å²) in [4.78, 5) is 2.29. The molecule has 0 unspecified atom stereocenters. The van der Waals surface area contributed by atoms with Crippen molar-refractivity contribution < 1.29 is 4.74 Å². The Morgan fingerprint density at radius 3 is 1.83 bits per heavy atom. The van der Waals surface area contributed by atoms with Gasteiger partial charge in [-0.1, -0.05) is 98.8 Å². The molecule has 48 heavy (non-hydrogen) atoms. The summed E-state index contributed by atoms with van der Waals surface area (Å²) >= 11 is 0. The van der Waals surface area contributed by atoms with E-state index in [1.807, 2.05) is 24.3 Å². The van der Waals surface area contributed by atoms with E-state index >= 15 is 0 Å². The van der Waals surface area contributed by atoms with E-state index in [1.165, 1.54) is 60.9 Å². The molecule has 2 aliphatic rings. The number of benzene rings is 7. The highest BCUT2D eigenvalue weighted by Gasteiger charge is 2.36. The lowest BCUT2D eigenvalue weighted by Gasteiger charge is -2.32. The lowest BCUT2D eigenvalue weighted by molar-refractivity contribution is 0.477. The molecule has 1 aliphatic heterocycles.